The maximum Gasteiger partial charge on any atom is 0.0635 e. The molecule has 0 aliphatic carbocycles. The summed E-state index contributed by atoms with van der Waals surface area (Å²) in [6, 6.07) is 2.73. The summed E-state index contributed by atoms with van der Waals surface area (Å²) >= 11 is 4.40. The van der Waals surface area contributed by atoms with Crippen LogP contribution in [-0.2, 0) is 0 Å². The molecular weight excluding hydrogens is 204 g/mol. The predicted molar refractivity (Wildman–Crippen MR) is 69.1 cm³/mol. The van der Waals surface area contributed by atoms with Crippen molar-refractivity contribution in [2.24, 2.45) is 11.8 Å². The van der Waals surface area contributed by atoms with E-state index in [1.807, 2.05) is 0 Å². The third-order valence-electron chi connectivity index (χ3n) is 2.89. The smallest absolute Gasteiger partial charge is 0.0635 e. The lowest BCUT2D eigenvalue weighted by Crippen LogP contribution is -2.38. The molecule has 0 saturated heterocycles. The van der Waals surface area contributed by atoms with Gasteiger partial charge in [-0.05, 0) is 31.4 Å². The second kappa shape index (κ2) is 8.01. The van der Waals surface area contributed by atoms with Crippen LogP contribution in [0.25, 0.3) is 0 Å². The van der Waals surface area contributed by atoms with Crippen molar-refractivity contribution >= 4 is 12.6 Å². The molecule has 0 aromatic heterocycles. The Balaban J connectivity index is 4.20. The van der Waals surface area contributed by atoms with Crippen LogP contribution in [0.3, 0.4) is 0 Å². The van der Waals surface area contributed by atoms with Crippen molar-refractivity contribution in [3.63, 3.8) is 0 Å². The Bertz CT molecular complexity index is 196. The molecule has 0 amide bonds. The summed E-state index contributed by atoms with van der Waals surface area (Å²) in [4.78, 5) is 2.38. The molecule has 0 rings (SSSR count). The van der Waals surface area contributed by atoms with Crippen LogP contribution in [0.1, 0.15) is 34.1 Å². The highest BCUT2D eigenvalue weighted by molar-refractivity contribution is 7.80. The van der Waals surface area contributed by atoms with Gasteiger partial charge in [0.15, 0.2) is 0 Å². The minimum absolute atomic E-state index is 0.513. The van der Waals surface area contributed by atoms with E-state index in [-0.39, 0.29) is 0 Å². The number of nitriles is 1. The average molecular weight is 228 g/mol. The number of nitrogens with zero attached hydrogens (tertiary/aromatic N) is 2. The van der Waals surface area contributed by atoms with Crippen molar-refractivity contribution in [1.82, 2.24) is 4.90 Å². The van der Waals surface area contributed by atoms with Gasteiger partial charge < -0.3 is 0 Å². The zero-order valence-corrected chi connectivity index (χ0v) is 11.3. The van der Waals surface area contributed by atoms with Gasteiger partial charge in [0.05, 0.1) is 6.07 Å². The molecule has 15 heavy (non-hydrogen) atoms. The largest absolute Gasteiger partial charge is 0.300 e. The van der Waals surface area contributed by atoms with Crippen LogP contribution in [0.15, 0.2) is 0 Å². The fraction of sp³-hybridized carbons (Fsp3) is 0.917. The summed E-state index contributed by atoms with van der Waals surface area (Å²) in [6.45, 7) is 10.8. The molecule has 2 nitrogen and oxygen atoms in total. The molecule has 1 unspecified atom stereocenters. The van der Waals surface area contributed by atoms with Gasteiger partial charge in [-0.3, -0.25) is 4.90 Å². The van der Waals surface area contributed by atoms with E-state index in [0.29, 0.717) is 24.3 Å². The first-order valence-electron chi connectivity index (χ1n) is 5.74. The Kier molecular flexibility index (Phi) is 7.90. The van der Waals surface area contributed by atoms with Crippen LogP contribution < -0.4 is 0 Å². The lowest BCUT2D eigenvalue weighted by Gasteiger charge is -2.31. The molecule has 88 valence electrons. The molecule has 0 aromatic carbocycles. The zero-order valence-electron chi connectivity index (χ0n) is 10.4. The Morgan fingerprint density at radius 3 is 2.20 bits per heavy atom. The van der Waals surface area contributed by atoms with Crippen LogP contribution in [-0.4, -0.2) is 29.8 Å². The van der Waals surface area contributed by atoms with Crippen molar-refractivity contribution in [3.05, 3.63) is 0 Å². The molecule has 1 atom stereocenters. The van der Waals surface area contributed by atoms with Crippen LogP contribution in [0.2, 0.25) is 0 Å². The van der Waals surface area contributed by atoms with Gasteiger partial charge >= 0.3 is 0 Å². The predicted octanol–water partition coefficient (Wildman–Crippen LogP) is 2.81. The molecule has 0 heterocycles. The van der Waals surface area contributed by atoms with Gasteiger partial charge in [-0.15, -0.1) is 0 Å². The van der Waals surface area contributed by atoms with Crippen molar-refractivity contribution in [1.29, 1.82) is 5.26 Å². The molecule has 0 fully saturated rings. The maximum atomic E-state index is 8.61. The van der Waals surface area contributed by atoms with Gasteiger partial charge in [-0.25, -0.2) is 0 Å². The van der Waals surface area contributed by atoms with Crippen LogP contribution in [0, 0.1) is 23.2 Å². The molecule has 0 saturated carbocycles. The van der Waals surface area contributed by atoms with Crippen molar-refractivity contribution in [2.75, 3.05) is 18.8 Å². The summed E-state index contributed by atoms with van der Waals surface area (Å²) in [5, 5.41) is 8.61. The molecule has 0 spiro atoms. The van der Waals surface area contributed by atoms with E-state index >= 15 is 0 Å². The van der Waals surface area contributed by atoms with Crippen LogP contribution in [0.4, 0.5) is 0 Å². The highest BCUT2D eigenvalue weighted by atomic mass is 32.1. The lowest BCUT2D eigenvalue weighted by atomic mass is 9.96. The summed E-state index contributed by atoms with van der Waals surface area (Å²) in [5.74, 6) is 2.20. The summed E-state index contributed by atoms with van der Waals surface area (Å²) in [5.41, 5.74) is 0. The SMILES string of the molecule is CC(C)C(CS)CN(CCC#N)C(C)C. The van der Waals surface area contributed by atoms with Crippen LogP contribution >= 0.6 is 12.6 Å². The molecule has 3 heteroatoms. The van der Waals surface area contributed by atoms with Gasteiger partial charge in [0, 0.05) is 25.6 Å². The topological polar surface area (TPSA) is 27.0 Å². The molecule has 0 radical (unpaired) electrons. The maximum absolute atomic E-state index is 8.61. The van der Waals surface area contributed by atoms with E-state index in [1.165, 1.54) is 0 Å². The standard InChI is InChI=1S/C12H24N2S/c1-10(2)12(9-15)8-14(11(3)4)7-5-6-13/h10-12,15H,5,7-9H2,1-4H3. The third-order valence-corrected chi connectivity index (χ3v) is 3.36. The van der Waals surface area contributed by atoms with E-state index in [4.69, 9.17) is 5.26 Å². The van der Waals surface area contributed by atoms with Crippen molar-refractivity contribution in [3.8, 4) is 6.07 Å². The first kappa shape index (κ1) is 14.8. The van der Waals surface area contributed by atoms with Crippen LogP contribution in [0.5, 0.6) is 0 Å². The number of thiol groups is 1. The Hall–Kier alpha value is -0.200. The van der Waals surface area contributed by atoms with E-state index in [9.17, 15) is 0 Å². The quantitative estimate of drug-likeness (QED) is 0.678. The fourth-order valence-electron chi connectivity index (χ4n) is 1.53. The third kappa shape index (κ3) is 6.06. The van der Waals surface area contributed by atoms with E-state index in [2.05, 4.69) is 51.3 Å². The minimum atomic E-state index is 0.513. The average Bonchev–Trinajstić information content (AvgIpc) is 2.17. The van der Waals surface area contributed by atoms with Gasteiger partial charge in [-0.1, -0.05) is 13.8 Å². The summed E-state index contributed by atoms with van der Waals surface area (Å²) < 4.78 is 0. The van der Waals surface area contributed by atoms with E-state index in [1.54, 1.807) is 0 Å². The molecule has 0 aliphatic rings. The molecular formula is C12H24N2S. The normalized spacial score (nSPS) is 13.5. The molecule has 0 aromatic rings. The lowest BCUT2D eigenvalue weighted by molar-refractivity contribution is 0.179. The minimum Gasteiger partial charge on any atom is -0.300 e. The monoisotopic (exact) mass is 228 g/mol. The van der Waals surface area contributed by atoms with Gasteiger partial charge in [0.25, 0.3) is 0 Å². The molecule has 0 bridgehead atoms. The highest BCUT2D eigenvalue weighted by Gasteiger charge is 2.17. The first-order valence-corrected chi connectivity index (χ1v) is 6.38. The van der Waals surface area contributed by atoms with Crippen molar-refractivity contribution < 1.29 is 0 Å². The number of hydrogen-bond acceptors (Lipinski definition) is 3. The molecule has 0 N–H and O–H groups in total. The zero-order chi connectivity index (χ0) is 11.8. The fourth-order valence-corrected chi connectivity index (χ4v) is 2.07. The van der Waals surface area contributed by atoms with Gasteiger partial charge in [-0.2, -0.15) is 17.9 Å². The second-order valence-corrected chi connectivity index (χ2v) is 5.05. The summed E-state index contributed by atoms with van der Waals surface area (Å²) in [6.07, 6.45) is 0.621. The Morgan fingerprint density at radius 2 is 1.87 bits per heavy atom. The van der Waals surface area contributed by atoms with Gasteiger partial charge in [0.1, 0.15) is 0 Å². The molecule has 0 aliphatic heterocycles. The van der Waals surface area contributed by atoms with Gasteiger partial charge in [0.2, 0.25) is 0 Å². The Labute approximate surface area is 100 Å². The highest BCUT2D eigenvalue weighted by Crippen LogP contribution is 2.15. The van der Waals surface area contributed by atoms with E-state index in [0.717, 1.165) is 18.8 Å². The van der Waals surface area contributed by atoms with Crippen molar-refractivity contribution in [2.45, 2.75) is 40.2 Å². The Morgan fingerprint density at radius 1 is 1.27 bits per heavy atom. The first-order chi connectivity index (χ1) is 7.02. The second-order valence-electron chi connectivity index (χ2n) is 4.68. The van der Waals surface area contributed by atoms with E-state index < -0.39 is 0 Å². The summed E-state index contributed by atoms with van der Waals surface area (Å²) in [7, 11) is 0. The number of rotatable bonds is 7. The number of hydrogen-bond donors (Lipinski definition) is 1.